The average molecular weight is 415 g/mol. The van der Waals surface area contributed by atoms with E-state index in [1.54, 1.807) is 25.3 Å². The number of ether oxygens (including phenoxy) is 3. The van der Waals surface area contributed by atoms with Gasteiger partial charge in [-0.2, -0.15) is 0 Å². The molecule has 6 heteroatoms. The molecule has 31 heavy (non-hydrogen) atoms. The van der Waals surface area contributed by atoms with E-state index in [2.05, 4.69) is 17.0 Å². The molecule has 0 saturated heterocycles. The first-order valence-corrected chi connectivity index (χ1v) is 10.0. The summed E-state index contributed by atoms with van der Waals surface area (Å²) in [6.45, 7) is 1.85. The Balaban J connectivity index is 1.47. The third kappa shape index (κ3) is 3.73. The third-order valence-corrected chi connectivity index (χ3v) is 5.29. The zero-order valence-electron chi connectivity index (χ0n) is 17.0. The van der Waals surface area contributed by atoms with Gasteiger partial charge in [-0.1, -0.05) is 42.5 Å². The molecule has 0 fully saturated rings. The largest absolute Gasteiger partial charge is 0.493 e. The van der Waals surface area contributed by atoms with Gasteiger partial charge < -0.3 is 18.6 Å². The molecule has 6 nitrogen and oxygen atoms in total. The molecular weight excluding hydrogens is 394 g/mol. The lowest BCUT2D eigenvalue weighted by atomic mass is 10.1. The zero-order valence-corrected chi connectivity index (χ0v) is 17.0. The molecule has 0 amide bonds. The maximum Gasteiger partial charge on any atom is 0.235 e. The van der Waals surface area contributed by atoms with Crippen LogP contribution in [-0.4, -0.2) is 18.7 Å². The van der Waals surface area contributed by atoms with Gasteiger partial charge in [-0.3, -0.25) is 9.69 Å². The van der Waals surface area contributed by atoms with E-state index in [-0.39, 0.29) is 11.2 Å². The maximum atomic E-state index is 13.1. The molecule has 1 aromatic heterocycles. The van der Waals surface area contributed by atoms with Crippen LogP contribution in [0, 0.1) is 0 Å². The van der Waals surface area contributed by atoms with E-state index in [4.69, 9.17) is 18.6 Å². The van der Waals surface area contributed by atoms with Crippen LogP contribution in [0.2, 0.25) is 0 Å². The lowest BCUT2D eigenvalue weighted by molar-refractivity contribution is 0.0890. The SMILES string of the molecule is COc1ccccc1Oc1coc2c3c(ccc2c1=O)OCN(Cc1ccccc1)C3. The molecule has 156 valence electrons. The zero-order chi connectivity index (χ0) is 21.2. The van der Waals surface area contributed by atoms with Gasteiger partial charge in [-0.05, 0) is 29.8 Å². The van der Waals surface area contributed by atoms with Crippen LogP contribution in [0.1, 0.15) is 11.1 Å². The Hall–Kier alpha value is -3.77. The van der Waals surface area contributed by atoms with Crippen molar-refractivity contribution < 1.29 is 18.6 Å². The standard InChI is InChI=1S/C25H21NO5/c1-28-21-9-5-6-10-22(21)31-23-15-29-25-18(24(23)27)11-12-20-19(25)14-26(16-30-20)13-17-7-3-2-4-8-17/h2-12,15H,13-14,16H2,1H3. The summed E-state index contributed by atoms with van der Waals surface area (Å²) >= 11 is 0. The van der Waals surface area contributed by atoms with E-state index in [0.29, 0.717) is 35.7 Å². The molecule has 0 spiro atoms. The van der Waals surface area contributed by atoms with Gasteiger partial charge >= 0.3 is 0 Å². The fourth-order valence-corrected chi connectivity index (χ4v) is 3.77. The lowest BCUT2D eigenvalue weighted by Gasteiger charge is -2.29. The van der Waals surface area contributed by atoms with Crippen LogP contribution in [0.15, 0.2) is 82.2 Å². The fraction of sp³-hybridized carbons (Fsp3) is 0.160. The van der Waals surface area contributed by atoms with Crippen LogP contribution in [0.4, 0.5) is 0 Å². The summed E-state index contributed by atoms with van der Waals surface area (Å²) in [6, 6.07) is 20.9. The van der Waals surface area contributed by atoms with Crippen molar-refractivity contribution in [1.29, 1.82) is 0 Å². The molecule has 0 aliphatic carbocycles. The van der Waals surface area contributed by atoms with Crippen LogP contribution < -0.4 is 19.6 Å². The number of fused-ring (bicyclic) bond motifs is 3. The highest BCUT2D eigenvalue weighted by molar-refractivity contribution is 5.83. The highest BCUT2D eigenvalue weighted by atomic mass is 16.5. The Kier molecular flexibility index (Phi) is 5.06. The summed E-state index contributed by atoms with van der Waals surface area (Å²) < 4.78 is 22.9. The van der Waals surface area contributed by atoms with Crippen molar-refractivity contribution in [3.05, 3.63) is 94.3 Å². The average Bonchev–Trinajstić information content (AvgIpc) is 2.81. The van der Waals surface area contributed by atoms with Gasteiger partial charge in [0.1, 0.15) is 24.3 Å². The van der Waals surface area contributed by atoms with Gasteiger partial charge in [0.2, 0.25) is 11.2 Å². The quantitative estimate of drug-likeness (QED) is 0.460. The summed E-state index contributed by atoms with van der Waals surface area (Å²) in [5.41, 5.74) is 2.34. The molecule has 4 aromatic rings. The van der Waals surface area contributed by atoms with Gasteiger partial charge in [0.25, 0.3) is 0 Å². The molecule has 3 aromatic carbocycles. The molecule has 5 rings (SSSR count). The van der Waals surface area contributed by atoms with E-state index >= 15 is 0 Å². The summed E-state index contributed by atoms with van der Waals surface area (Å²) in [5.74, 6) is 1.83. The Labute approximate surface area is 179 Å². The third-order valence-electron chi connectivity index (χ3n) is 5.29. The smallest absolute Gasteiger partial charge is 0.235 e. The number of hydrogen-bond donors (Lipinski definition) is 0. The minimum Gasteiger partial charge on any atom is -0.493 e. The van der Waals surface area contributed by atoms with Crippen molar-refractivity contribution in [3.63, 3.8) is 0 Å². The van der Waals surface area contributed by atoms with Gasteiger partial charge in [-0.15, -0.1) is 0 Å². The summed E-state index contributed by atoms with van der Waals surface area (Å²) in [5, 5.41) is 0.455. The molecular formula is C25H21NO5. The van der Waals surface area contributed by atoms with E-state index in [1.165, 1.54) is 11.8 Å². The van der Waals surface area contributed by atoms with Gasteiger partial charge in [-0.25, -0.2) is 0 Å². The first-order chi connectivity index (χ1) is 15.2. The molecule has 0 atom stereocenters. The van der Waals surface area contributed by atoms with Gasteiger partial charge in [0, 0.05) is 13.1 Å². The highest BCUT2D eigenvalue weighted by Crippen LogP contribution is 2.34. The molecule has 0 radical (unpaired) electrons. The Morgan fingerprint density at radius 1 is 0.935 bits per heavy atom. The molecule has 1 aliphatic rings. The number of para-hydroxylation sites is 2. The van der Waals surface area contributed by atoms with Crippen molar-refractivity contribution in [2.24, 2.45) is 0 Å². The minimum atomic E-state index is -0.241. The van der Waals surface area contributed by atoms with E-state index in [1.807, 2.05) is 36.4 Å². The number of hydrogen-bond acceptors (Lipinski definition) is 6. The van der Waals surface area contributed by atoms with Crippen molar-refractivity contribution in [3.8, 4) is 23.0 Å². The lowest BCUT2D eigenvalue weighted by Crippen LogP contribution is -2.31. The second-order valence-corrected chi connectivity index (χ2v) is 7.35. The predicted octanol–water partition coefficient (Wildman–Crippen LogP) is 4.95. The van der Waals surface area contributed by atoms with Crippen molar-refractivity contribution in [2.45, 2.75) is 13.1 Å². The molecule has 0 saturated carbocycles. The minimum absolute atomic E-state index is 0.106. The van der Waals surface area contributed by atoms with Crippen molar-refractivity contribution in [2.75, 3.05) is 13.8 Å². The van der Waals surface area contributed by atoms with Gasteiger partial charge in [0.15, 0.2) is 11.5 Å². The molecule has 1 aliphatic heterocycles. The van der Waals surface area contributed by atoms with Crippen LogP contribution in [-0.2, 0) is 13.1 Å². The number of rotatable bonds is 5. The Morgan fingerprint density at radius 3 is 2.52 bits per heavy atom. The second kappa shape index (κ2) is 8.16. The summed E-state index contributed by atoms with van der Waals surface area (Å²) in [6.07, 6.45) is 1.35. The normalized spacial score (nSPS) is 13.5. The van der Waals surface area contributed by atoms with Crippen molar-refractivity contribution >= 4 is 11.0 Å². The van der Waals surface area contributed by atoms with E-state index < -0.39 is 0 Å². The monoisotopic (exact) mass is 415 g/mol. The van der Waals surface area contributed by atoms with Crippen LogP contribution in [0.25, 0.3) is 11.0 Å². The van der Waals surface area contributed by atoms with Crippen LogP contribution >= 0.6 is 0 Å². The van der Waals surface area contributed by atoms with Crippen LogP contribution in [0.3, 0.4) is 0 Å². The summed E-state index contributed by atoms with van der Waals surface area (Å²) in [7, 11) is 1.55. The Bertz CT molecular complexity index is 1280. The van der Waals surface area contributed by atoms with Crippen molar-refractivity contribution in [1.82, 2.24) is 4.90 Å². The number of nitrogens with zero attached hydrogens (tertiary/aromatic N) is 1. The first kappa shape index (κ1) is 19.2. The first-order valence-electron chi connectivity index (χ1n) is 10.0. The predicted molar refractivity (Wildman–Crippen MR) is 117 cm³/mol. The topological polar surface area (TPSA) is 61.1 Å². The molecule has 0 bridgehead atoms. The van der Waals surface area contributed by atoms with E-state index in [0.717, 1.165) is 17.9 Å². The number of benzene rings is 3. The maximum absolute atomic E-state index is 13.1. The van der Waals surface area contributed by atoms with Crippen LogP contribution in [0.5, 0.6) is 23.0 Å². The summed E-state index contributed by atoms with van der Waals surface area (Å²) in [4.78, 5) is 15.3. The molecule has 0 unspecified atom stereocenters. The molecule has 2 heterocycles. The fourth-order valence-electron chi connectivity index (χ4n) is 3.77. The molecule has 0 N–H and O–H groups in total. The Morgan fingerprint density at radius 2 is 1.71 bits per heavy atom. The van der Waals surface area contributed by atoms with Gasteiger partial charge in [0.05, 0.1) is 18.1 Å². The number of methoxy groups -OCH3 is 1. The van der Waals surface area contributed by atoms with E-state index in [9.17, 15) is 4.79 Å². The highest BCUT2D eigenvalue weighted by Gasteiger charge is 2.23. The second-order valence-electron chi connectivity index (χ2n) is 7.35.